The molecule has 0 bridgehead atoms. The number of aromatic hydroxyl groups is 1. The van der Waals surface area contributed by atoms with E-state index in [9.17, 15) is 9.90 Å². The summed E-state index contributed by atoms with van der Waals surface area (Å²) in [6.07, 6.45) is 0. The molecule has 7 heteroatoms. The highest BCUT2D eigenvalue weighted by Crippen LogP contribution is 2.41. The monoisotopic (exact) mass is 413 g/mol. The minimum atomic E-state index is -0.0555. The lowest BCUT2D eigenvalue weighted by molar-refractivity contribution is 0.104. The predicted octanol–water partition coefficient (Wildman–Crippen LogP) is 5.14. The van der Waals surface area contributed by atoms with E-state index in [-0.39, 0.29) is 17.5 Å². The molecule has 0 atom stereocenters. The molecule has 0 fully saturated rings. The Kier molecular flexibility index (Phi) is 4.30. The van der Waals surface area contributed by atoms with Crippen molar-refractivity contribution in [2.75, 3.05) is 5.73 Å². The molecule has 30 heavy (non-hydrogen) atoms. The van der Waals surface area contributed by atoms with Gasteiger partial charge in [0.2, 0.25) is 5.78 Å². The molecule has 146 valence electrons. The van der Waals surface area contributed by atoms with Gasteiger partial charge < -0.3 is 15.4 Å². The molecule has 0 aliphatic heterocycles. The molecule has 2 aromatic heterocycles. The van der Waals surface area contributed by atoms with Crippen molar-refractivity contribution in [3.8, 4) is 28.3 Å². The molecule has 5 rings (SSSR count). The van der Waals surface area contributed by atoms with Crippen LogP contribution in [0.15, 0.2) is 77.3 Å². The molecule has 3 aromatic carbocycles. The highest BCUT2D eigenvalue weighted by Gasteiger charge is 2.21. The van der Waals surface area contributed by atoms with Gasteiger partial charge in [-0.2, -0.15) is 4.98 Å². The zero-order chi connectivity index (χ0) is 20.7. The molecule has 0 saturated carbocycles. The van der Waals surface area contributed by atoms with E-state index in [1.807, 2.05) is 48.5 Å². The third kappa shape index (κ3) is 3.11. The van der Waals surface area contributed by atoms with Gasteiger partial charge in [-0.1, -0.05) is 42.5 Å². The molecule has 0 aliphatic carbocycles. The molecule has 2 heterocycles. The lowest BCUT2D eigenvalue weighted by Crippen LogP contribution is -2.00. The van der Waals surface area contributed by atoms with Gasteiger partial charge >= 0.3 is 0 Å². The van der Waals surface area contributed by atoms with Gasteiger partial charge in [-0.25, -0.2) is 0 Å². The number of ketones is 1. The Labute approximate surface area is 175 Å². The van der Waals surface area contributed by atoms with Crippen LogP contribution in [0.5, 0.6) is 5.75 Å². The zero-order valence-electron chi connectivity index (χ0n) is 15.6. The lowest BCUT2D eigenvalue weighted by atomic mass is 9.97. The number of aromatic nitrogens is 2. The Morgan fingerprint density at radius 1 is 0.967 bits per heavy atom. The number of nitrogen functional groups attached to an aromatic ring is 1. The number of rotatable bonds is 4. The summed E-state index contributed by atoms with van der Waals surface area (Å²) < 4.78 is 5.96. The molecule has 0 unspecified atom stereocenters. The smallest absolute Gasteiger partial charge is 0.261 e. The highest BCUT2D eigenvalue weighted by atomic mass is 32.1. The molecule has 0 radical (unpaired) electrons. The number of anilines is 1. The maximum Gasteiger partial charge on any atom is 0.261 e. The Bertz CT molecular complexity index is 1370. The van der Waals surface area contributed by atoms with E-state index in [0.717, 1.165) is 26.8 Å². The average molecular weight is 413 g/mol. The van der Waals surface area contributed by atoms with Crippen LogP contribution >= 0.6 is 11.3 Å². The van der Waals surface area contributed by atoms with Crippen molar-refractivity contribution < 1.29 is 14.4 Å². The fourth-order valence-corrected chi connectivity index (χ4v) is 4.60. The van der Waals surface area contributed by atoms with Crippen LogP contribution in [0.4, 0.5) is 5.95 Å². The fourth-order valence-electron chi connectivity index (χ4n) is 3.38. The molecular formula is C23H15N3O3S. The second-order valence-corrected chi connectivity index (χ2v) is 7.77. The number of nitrogens with zero attached hydrogens (tertiary/aromatic N) is 2. The summed E-state index contributed by atoms with van der Waals surface area (Å²) in [5.41, 5.74) is 8.59. The summed E-state index contributed by atoms with van der Waals surface area (Å²) in [5.74, 6) is 0.520. The van der Waals surface area contributed by atoms with Crippen molar-refractivity contribution in [3.63, 3.8) is 0 Å². The fraction of sp³-hybridized carbons (Fsp3) is 0. The summed E-state index contributed by atoms with van der Waals surface area (Å²) in [5, 5.41) is 14.4. The first-order valence-corrected chi connectivity index (χ1v) is 9.97. The molecule has 5 aromatic rings. The predicted molar refractivity (Wildman–Crippen MR) is 117 cm³/mol. The van der Waals surface area contributed by atoms with Crippen LogP contribution in [-0.4, -0.2) is 21.0 Å². The van der Waals surface area contributed by atoms with Crippen LogP contribution in [-0.2, 0) is 0 Å². The molecule has 0 saturated heterocycles. The SMILES string of the molecule is Nc1noc(-c2ccc(-c3c(C(=O)c4ccccc4)sc4cc(O)ccc34)cc2)n1. The summed E-state index contributed by atoms with van der Waals surface area (Å²) in [6, 6.07) is 21.8. The van der Waals surface area contributed by atoms with E-state index >= 15 is 0 Å². The largest absolute Gasteiger partial charge is 0.508 e. The number of thiophene rings is 1. The Morgan fingerprint density at radius 2 is 1.70 bits per heavy atom. The van der Waals surface area contributed by atoms with Crippen molar-refractivity contribution in [1.29, 1.82) is 0 Å². The molecule has 6 nitrogen and oxygen atoms in total. The number of phenolic OH excluding ortho intramolecular Hbond substituents is 1. The van der Waals surface area contributed by atoms with Crippen molar-refractivity contribution >= 4 is 33.2 Å². The Balaban J connectivity index is 1.66. The third-order valence-corrected chi connectivity index (χ3v) is 5.93. The summed E-state index contributed by atoms with van der Waals surface area (Å²) in [6.45, 7) is 0. The first kappa shape index (κ1) is 18.1. The second-order valence-electron chi connectivity index (χ2n) is 6.72. The number of carbonyl (C=O) groups is 1. The van der Waals surface area contributed by atoms with Gasteiger partial charge in [0, 0.05) is 26.8 Å². The average Bonchev–Trinajstić information content (AvgIpc) is 3.37. The minimum Gasteiger partial charge on any atom is -0.508 e. The van der Waals surface area contributed by atoms with Gasteiger partial charge in [-0.05, 0) is 41.1 Å². The van der Waals surface area contributed by atoms with Gasteiger partial charge in [0.25, 0.3) is 11.8 Å². The van der Waals surface area contributed by atoms with E-state index in [1.165, 1.54) is 11.3 Å². The van der Waals surface area contributed by atoms with Crippen molar-refractivity contribution in [3.05, 3.63) is 83.2 Å². The second kappa shape index (κ2) is 7.13. The van der Waals surface area contributed by atoms with E-state index in [1.54, 1.807) is 24.3 Å². The number of phenols is 1. The Morgan fingerprint density at radius 3 is 2.40 bits per heavy atom. The number of nitrogens with two attached hydrogens (primary N) is 1. The van der Waals surface area contributed by atoms with Crippen LogP contribution in [0.25, 0.3) is 32.7 Å². The number of fused-ring (bicyclic) bond motifs is 1. The summed E-state index contributed by atoms with van der Waals surface area (Å²) in [4.78, 5) is 17.9. The van der Waals surface area contributed by atoms with Gasteiger partial charge in [0.05, 0.1) is 4.88 Å². The van der Waals surface area contributed by atoms with Crippen LogP contribution < -0.4 is 5.73 Å². The highest BCUT2D eigenvalue weighted by molar-refractivity contribution is 7.21. The van der Waals surface area contributed by atoms with Crippen LogP contribution in [0, 0.1) is 0 Å². The van der Waals surface area contributed by atoms with E-state index < -0.39 is 0 Å². The lowest BCUT2D eigenvalue weighted by Gasteiger charge is -2.06. The number of hydrogen-bond donors (Lipinski definition) is 2. The number of benzene rings is 3. The quantitative estimate of drug-likeness (QED) is 0.396. The van der Waals surface area contributed by atoms with E-state index in [0.29, 0.717) is 16.3 Å². The first-order chi connectivity index (χ1) is 14.6. The molecule has 0 aliphatic rings. The first-order valence-electron chi connectivity index (χ1n) is 9.15. The zero-order valence-corrected chi connectivity index (χ0v) is 16.4. The van der Waals surface area contributed by atoms with Gasteiger partial charge in [-0.15, -0.1) is 11.3 Å². The maximum atomic E-state index is 13.3. The van der Waals surface area contributed by atoms with Gasteiger partial charge in [-0.3, -0.25) is 4.79 Å². The molecule has 0 spiro atoms. The van der Waals surface area contributed by atoms with Gasteiger partial charge in [0.1, 0.15) is 5.75 Å². The number of hydrogen-bond acceptors (Lipinski definition) is 7. The summed E-state index contributed by atoms with van der Waals surface area (Å²) >= 11 is 1.37. The van der Waals surface area contributed by atoms with Crippen molar-refractivity contribution in [1.82, 2.24) is 10.1 Å². The minimum absolute atomic E-state index is 0.0555. The van der Waals surface area contributed by atoms with Crippen molar-refractivity contribution in [2.24, 2.45) is 0 Å². The number of carbonyl (C=O) groups excluding carboxylic acids is 1. The summed E-state index contributed by atoms with van der Waals surface area (Å²) in [7, 11) is 0. The van der Waals surface area contributed by atoms with Crippen LogP contribution in [0.3, 0.4) is 0 Å². The standard InChI is InChI=1S/C23H15N3O3S/c24-23-25-22(29-26-23)15-8-6-13(7-9-15)19-17-11-10-16(27)12-18(17)30-21(19)20(28)14-4-2-1-3-5-14/h1-12,27H,(H2,24,26). The molecular weight excluding hydrogens is 398 g/mol. The maximum absolute atomic E-state index is 13.3. The van der Waals surface area contributed by atoms with Crippen molar-refractivity contribution in [2.45, 2.75) is 0 Å². The van der Waals surface area contributed by atoms with E-state index in [4.69, 9.17) is 10.3 Å². The van der Waals surface area contributed by atoms with Gasteiger partial charge in [0.15, 0.2) is 0 Å². The Hall–Kier alpha value is -3.97. The molecule has 0 amide bonds. The molecule has 3 N–H and O–H groups in total. The van der Waals surface area contributed by atoms with E-state index in [2.05, 4.69) is 10.1 Å². The van der Waals surface area contributed by atoms with Crippen LogP contribution in [0.1, 0.15) is 15.2 Å². The normalized spacial score (nSPS) is 11.1. The topological polar surface area (TPSA) is 102 Å². The third-order valence-electron chi connectivity index (χ3n) is 4.78. The van der Waals surface area contributed by atoms with Crippen LogP contribution in [0.2, 0.25) is 0 Å².